The Labute approximate surface area is 108 Å². The van der Waals surface area contributed by atoms with Crippen LogP contribution >= 0.6 is 23.2 Å². The maximum Gasteiger partial charge on any atom is 0.242 e. The van der Waals surface area contributed by atoms with E-state index in [1.807, 2.05) is 0 Å². The van der Waals surface area contributed by atoms with E-state index < -0.39 is 22.0 Å². The highest BCUT2D eigenvalue weighted by atomic mass is 35.5. The monoisotopic (exact) mass is 297 g/mol. The summed E-state index contributed by atoms with van der Waals surface area (Å²) < 4.78 is 25.6. The number of carbonyl (C=O) groups excluding carboxylic acids is 1. The summed E-state index contributed by atoms with van der Waals surface area (Å²) in [5.41, 5.74) is 4.95. The minimum atomic E-state index is -3.90. The van der Waals surface area contributed by atoms with Crippen molar-refractivity contribution in [3.63, 3.8) is 0 Å². The van der Waals surface area contributed by atoms with Gasteiger partial charge in [-0.25, -0.2) is 13.4 Å². The highest BCUT2D eigenvalue weighted by Gasteiger charge is 2.21. The maximum absolute atomic E-state index is 11.7. The molecule has 1 atom stereocenters. The van der Waals surface area contributed by atoms with Crippen LogP contribution in [0.25, 0.3) is 0 Å². The number of hydrogen-bond acceptors (Lipinski definition) is 4. The molecule has 0 fully saturated rings. The quantitative estimate of drug-likeness (QED) is 0.792. The number of aromatic nitrogens is 1. The molecule has 0 bridgehead atoms. The number of halogens is 2. The summed E-state index contributed by atoms with van der Waals surface area (Å²) in [7, 11) is -3.90. The molecule has 9 heteroatoms. The van der Waals surface area contributed by atoms with Gasteiger partial charge in [-0.05, 0) is 13.0 Å². The molecule has 1 rings (SSSR count). The molecule has 1 heterocycles. The van der Waals surface area contributed by atoms with Crippen molar-refractivity contribution < 1.29 is 13.2 Å². The van der Waals surface area contributed by atoms with Gasteiger partial charge in [0, 0.05) is 6.20 Å². The molecular formula is C8H9Cl2N3O3S. The largest absolute Gasteiger partial charge is 0.368 e. The van der Waals surface area contributed by atoms with Crippen LogP contribution in [0, 0.1) is 0 Å². The third kappa shape index (κ3) is 3.53. The predicted octanol–water partition coefficient (Wildman–Crippen LogP) is 0.541. The topological polar surface area (TPSA) is 102 Å². The molecule has 0 radical (unpaired) electrons. The zero-order chi connectivity index (χ0) is 13.2. The molecule has 0 saturated carbocycles. The minimum Gasteiger partial charge on any atom is -0.368 e. The van der Waals surface area contributed by atoms with Crippen LogP contribution in [0.15, 0.2) is 17.2 Å². The molecule has 0 saturated heterocycles. The first-order valence-electron chi connectivity index (χ1n) is 4.36. The lowest BCUT2D eigenvalue weighted by molar-refractivity contribution is -0.119. The lowest BCUT2D eigenvalue weighted by Gasteiger charge is -2.10. The average Bonchev–Trinajstić information content (AvgIpc) is 2.21. The summed E-state index contributed by atoms with van der Waals surface area (Å²) >= 11 is 11.2. The van der Waals surface area contributed by atoms with Gasteiger partial charge in [-0.1, -0.05) is 23.2 Å². The number of nitrogens with zero attached hydrogens (tertiary/aromatic N) is 1. The van der Waals surface area contributed by atoms with E-state index in [0.29, 0.717) is 0 Å². The summed E-state index contributed by atoms with van der Waals surface area (Å²) in [4.78, 5) is 14.2. The van der Waals surface area contributed by atoms with Gasteiger partial charge in [-0.2, -0.15) is 4.72 Å². The number of carbonyl (C=O) groups is 1. The molecule has 94 valence electrons. The number of nitrogens with two attached hydrogens (primary N) is 1. The highest BCUT2D eigenvalue weighted by molar-refractivity contribution is 7.89. The van der Waals surface area contributed by atoms with E-state index in [0.717, 1.165) is 12.3 Å². The first-order chi connectivity index (χ1) is 7.74. The molecule has 1 amide bonds. The van der Waals surface area contributed by atoms with Crippen molar-refractivity contribution >= 4 is 39.1 Å². The van der Waals surface area contributed by atoms with E-state index in [9.17, 15) is 13.2 Å². The second-order valence-corrected chi connectivity index (χ2v) is 5.67. The van der Waals surface area contributed by atoms with E-state index in [1.165, 1.54) is 6.92 Å². The summed E-state index contributed by atoms with van der Waals surface area (Å²) in [5.74, 6) is -0.790. The van der Waals surface area contributed by atoms with E-state index >= 15 is 0 Å². The fourth-order valence-electron chi connectivity index (χ4n) is 0.909. The molecule has 1 aromatic rings. The number of primary amides is 1. The van der Waals surface area contributed by atoms with Gasteiger partial charge in [0.05, 0.1) is 11.1 Å². The normalized spacial score (nSPS) is 13.4. The summed E-state index contributed by atoms with van der Waals surface area (Å²) in [6, 6.07) is 0.0990. The molecule has 1 unspecified atom stereocenters. The molecule has 17 heavy (non-hydrogen) atoms. The Balaban J connectivity index is 3.05. The first kappa shape index (κ1) is 14.2. The van der Waals surface area contributed by atoms with Crippen LogP contribution in [-0.2, 0) is 14.8 Å². The van der Waals surface area contributed by atoms with Crippen LogP contribution in [-0.4, -0.2) is 25.4 Å². The van der Waals surface area contributed by atoms with Gasteiger partial charge in [-0.3, -0.25) is 4.79 Å². The van der Waals surface area contributed by atoms with E-state index in [1.54, 1.807) is 0 Å². The van der Waals surface area contributed by atoms with Crippen LogP contribution in [0.4, 0.5) is 0 Å². The Bertz CT molecular complexity index is 547. The zero-order valence-electron chi connectivity index (χ0n) is 8.65. The van der Waals surface area contributed by atoms with Gasteiger partial charge >= 0.3 is 0 Å². The fraction of sp³-hybridized carbons (Fsp3) is 0.250. The Kier molecular flexibility index (Phi) is 4.31. The minimum absolute atomic E-state index is 0.00118. The third-order valence-electron chi connectivity index (χ3n) is 1.84. The van der Waals surface area contributed by atoms with Crippen LogP contribution in [0.3, 0.4) is 0 Å². The predicted molar refractivity (Wildman–Crippen MR) is 63.2 cm³/mol. The molecule has 3 N–H and O–H groups in total. The van der Waals surface area contributed by atoms with Crippen molar-refractivity contribution in [1.82, 2.24) is 9.71 Å². The number of hydrogen-bond donors (Lipinski definition) is 2. The van der Waals surface area contributed by atoms with Crippen molar-refractivity contribution in [1.29, 1.82) is 0 Å². The van der Waals surface area contributed by atoms with E-state index in [4.69, 9.17) is 28.9 Å². The average molecular weight is 298 g/mol. The van der Waals surface area contributed by atoms with Crippen molar-refractivity contribution in [2.75, 3.05) is 0 Å². The van der Waals surface area contributed by atoms with Crippen molar-refractivity contribution in [3.8, 4) is 0 Å². The van der Waals surface area contributed by atoms with Gasteiger partial charge in [0.25, 0.3) is 0 Å². The molecule has 0 aromatic carbocycles. The second-order valence-electron chi connectivity index (χ2n) is 3.19. The molecule has 0 spiro atoms. The SMILES string of the molecule is CC(NS(=O)(=O)c1cnc(Cl)c(Cl)c1)C(N)=O. The van der Waals surface area contributed by atoms with E-state index in [2.05, 4.69) is 9.71 Å². The van der Waals surface area contributed by atoms with Gasteiger partial charge in [0.2, 0.25) is 15.9 Å². The number of sulfonamides is 1. The lowest BCUT2D eigenvalue weighted by atomic mass is 10.4. The zero-order valence-corrected chi connectivity index (χ0v) is 11.0. The van der Waals surface area contributed by atoms with Gasteiger partial charge < -0.3 is 5.73 Å². The molecule has 0 aliphatic heterocycles. The molecular weight excluding hydrogens is 289 g/mol. The van der Waals surface area contributed by atoms with E-state index in [-0.39, 0.29) is 15.1 Å². The Morgan fingerprint density at radius 1 is 1.53 bits per heavy atom. The summed E-state index contributed by atoms with van der Waals surface area (Å²) in [5, 5.41) is -0.00478. The maximum atomic E-state index is 11.7. The Hall–Kier alpha value is -0.890. The second kappa shape index (κ2) is 5.18. The molecule has 0 aliphatic rings. The lowest BCUT2D eigenvalue weighted by Crippen LogP contribution is -2.42. The fourth-order valence-corrected chi connectivity index (χ4v) is 2.43. The number of pyridine rings is 1. The van der Waals surface area contributed by atoms with Crippen LogP contribution < -0.4 is 10.5 Å². The Morgan fingerprint density at radius 2 is 2.12 bits per heavy atom. The molecule has 1 aromatic heterocycles. The highest BCUT2D eigenvalue weighted by Crippen LogP contribution is 2.22. The number of nitrogens with one attached hydrogen (secondary N) is 1. The van der Waals surface area contributed by atoms with Gasteiger partial charge in [0.1, 0.15) is 10.0 Å². The van der Waals surface area contributed by atoms with Crippen molar-refractivity contribution in [2.45, 2.75) is 17.9 Å². The standard InChI is InChI=1S/C8H9Cl2N3O3S/c1-4(8(11)14)13-17(15,16)5-2-6(9)7(10)12-3-5/h2-4,13H,1H3,(H2,11,14). The van der Waals surface area contributed by atoms with Gasteiger partial charge in [-0.15, -0.1) is 0 Å². The van der Waals surface area contributed by atoms with Crippen LogP contribution in [0.5, 0.6) is 0 Å². The van der Waals surface area contributed by atoms with Crippen LogP contribution in [0.2, 0.25) is 10.2 Å². The molecule has 6 nitrogen and oxygen atoms in total. The van der Waals surface area contributed by atoms with Crippen molar-refractivity contribution in [2.24, 2.45) is 5.73 Å². The third-order valence-corrected chi connectivity index (χ3v) is 4.03. The first-order valence-corrected chi connectivity index (χ1v) is 6.60. The molecule has 0 aliphatic carbocycles. The number of amides is 1. The Morgan fingerprint density at radius 3 is 2.59 bits per heavy atom. The smallest absolute Gasteiger partial charge is 0.242 e. The number of rotatable bonds is 4. The summed E-state index contributed by atoms with van der Waals surface area (Å²) in [6.07, 6.45) is 1.03. The van der Waals surface area contributed by atoms with Crippen LogP contribution in [0.1, 0.15) is 6.92 Å². The summed E-state index contributed by atoms with van der Waals surface area (Å²) in [6.45, 7) is 1.32. The van der Waals surface area contributed by atoms with Crippen molar-refractivity contribution in [3.05, 3.63) is 22.4 Å². The van der Waals surface area contributed by atoms with Gasteiger partial charge in [0.15, 0.2) is 0 Å².